The van der Waals surface area contributed by atoms with Gasteiger partial charge >= 0.3 is 0 Å². The molecule has 1 aliphatic heterocycles. The van der Waals surface area contributed by atoms with Crippen molar-refractivity contribution in [1.29, 1.82) is 0 Å². The van der Waals surface area contributed by atoms with Crippen molar-refractivity contribution in [1.82, 2.24) is 5.32 Å². The Bertz CT molecular complexity index is 422. The first-order valence-corrected chi connectivity index (χ1v) is 7.02. The minimum Gasteiger partial charge on any atom is -0.495 e. The molecular weight excluding hydrogens is 236 g/mol. The second kappa shape index (κ2) is 5.04. The van der Waals surface area contributed by atoms with Gasteiger partial charge in [0.05, 0.1) is 12.8 Å². The van der Waals surface area contributed by atoms with E-state index in [4.69, 9.17) is 4.74 Å². The fraction of sp³-hybridized carbons (Fsp3) is 0.625. The maximum absolute atomic E-state index is 5.56. The topological polar surface area (TPSA) is 24.5 Å². The van der Waals surface area contributed by atoms with Crippen molar-refractivity contribution in [3.8, 4) is 5.75 Å². The first kappa shape index (κ1) is 14.2. The second-order valence-electron chi connectivity index (χ2n) is 6.56. The lowest BCUT2D eigenvalue weighted by molar-refractivity contribution is 0.346. The summed E-state index contributed by atoms with van der Waals surface area (Å²) in [6.45, 7) is 11.2. The van der Waals surface area contributed by atoms with Crippen LogP contribution in [0.25, 0.3) is 0 Å². The molecule has 0 radical (unpaired) electrons. The van der Waals surface area contributed by atoms with Crippen molar-refractivity contribution in [2.24, 2.45) is 0 Å². The van der Waals surface area contributed by atoms with Crippen LogP contribution in [-0.4, -0.2) is 31.3 Å². The van der Waals surface area contributed by atoms with Gasteiger partial charge in [-0.25, -0.2) is 0 Å². The monoisotopic (exact) mass is 262 g/mol. The zero-order valence-corrected chi connectivity index (χ0v) is 12.8. The number of ether oxygens (including phenoxy) is 1. The average molecular weight is 262 g/mol. The van der Waals surface area contributed by atoms with Gasteiger partial charge in [-0.1, -0.05) is 12.1 Å². The van der Waals surface area contributed by atoms with Gasteiger partial charge in [0.15, 0.2) is 0 Å². The lowest BCUT2D eigenvalue weighted by Crippen LogP contribution is -2.57. The number of hydrogen-bond donors (Lipinski definition) is 1. The highest BCUT2D eigenvalue weighted by Crippen LogP contribution is 2.40. The number of benzene rings is 1. The number of anilines is 1. The summed E-state index contributed by atoms with van der Waals surface area (Å²) in [7, 11) is 1.74. The Morgan fingerprint density at radius 2 is 1.79 bits per heavy atom. The van der Waals surface area contributed by atoms with Gasteiger partial charge in [-0.15, -0.1) is 0 Å². The molecule has 19 heavy (non-hydrogen) atoms. The van der Waals surface area contributed by atoms with Gasteiger partial charge in [0.1, 0.15) is 5.75 Å². The molecule has 3 heteroatoms. The van der Waals surface area contributed by atoms with Crippen molar-refractivity contribution in [3.05, 3.63) is 24.3 Å². The smallest absolute Gasteiger partial charge is 0.142 e. The molecule has 0 atom stereocenters. The molecule has 0 aromatic heterocycles. The van der Waals surface area contributed by atoms with Gasteiger partial charge in [-0.3, -0.25) is 0 Å². The number of hydrogen-bond acceptors (Lipinski definition) is 3. The fourth-order valence-electron chi connectivity index (χ4n) is 3.27. The van der Waals surface area contributed by atoms with E-state index in [1.165, 1.54) is 5.69 Å². The summed E-state index contributed by atoms with van der Waals surface area (Å²) in [6.07, 6.45) is 1.12. The maximum Gasteiger partial charge on any atom is 0.142 e. The number of nitrogens with one attached hydrogen (secondary N) is 1. The molecule has 1 N–H and O–H groups in total. The summed E-state index contributed by atoms with van der Waals surface area (Å²) in [5.74, 6) is 0.950. The third-order valence-electron chi connectivity index (χ3n) is 4.01. The van der Waals surface area contributed by atoms with E-state index in [2.05, 4.69) is 50.0 Å². The molecule has 0 aliphatic carbocycles. The van der Waals surface area contributed by atoms with Gasteiger partial charge in [0, 0.05) is 17.6 Å². The largest absolute Gasteiger partial charge is 0.495 e. The summed E-state index contributed by atoms with van der Waals surface area (Å²) in [5.41, 5.74) is 1.33. The second-order valence-corrected chi connectivity index (χ2v) is 6.56. The number of nitrogens with zero attached hydrogens (tertiary/aromatic N) is 1. The minimum atomic E-state index is 0.0502. The molecule has 1 saturated heterocycles. The lowest BCUT2D eigenvalue weighted by atomic mass is 9.91. The van der Waals surface area contributed by atoms with Crippen LogP contribution in [0.15, 0.2) is 24.3 Å². The SMILES string of the molecule is COc1ccccc1N1C(C)(C)CCNCC1(C)C. The Morgan fingerprint density at radius 3 is 2.47 bits per heavy atom. The summed E-state index contributed by atoms with van der Waals surface area (Å²) in [5, 5.41) is 3.55. The molecule has 1 aromatic rings. The predicted molar refractivity (Wildman–Crippen MR) is 81.1 cm³/mol. The summed E-state index contributed by atoms with van der Waals surface area (Å²) < 4.78 is 5.56. The van der Waals surface area contributed by atoms with Crippen molar-refractivity contribution < 1.29 is 4.74 Å². The number of rotatable bonds is 2. The van der Waals surface area contributed by atoms with E-state index >= 15 is 0 Å². The van der Waals surface area contributed by atoms with Gasteiger partial charge in [-0.05, 0) is 52.8 Å². The summed E-state index contributed by atoms with van der Waals surface area (Å²) in [6, 6.07) is 8.31. The molecule has 0 unspecified atom stereocenters. The standard InChI is InChI=1S/C16H26N2O/c1-15(2)10-11-17-12-16(3,4)18(15)13-8-6-7-9-14(13)19-5/h6-9,17H,10-12H2,1-5H3. The molecule has 1 aliphatic rings. The number of para-hydroxylation sites is 2. The van der Waals surface area contributed by atoms with Gasteiger partial charge in [0.2, 0.25) is 0 Å². The van der Waals surface area contributed by atoms with Crippen molar-refractivity contribution >= 4 is 5.69 Å². The zero-order valence-electron chi connectivity index (χ0n) is 12.8. The van der Waals surface area contributed by atoms with E-state index in [-0.39, 0.29) is 11.1 Å². The molecular formula is C16H26N2O. The molecule has 1 aromatic carbocycles. The van der Waals surface area contributed by atoms with Crippen LogP contribution in [0.1, 0.15) is 34.1 Å². The van der Waals surface area contributed by atoms with Crippen LogP contribution in [0.3, 0.4) is 0 Å². The van der Waals surface area contributed by atoms with Crippen LogP contribution < -0.4 is 15.0 Å². The summed E-state index contributed by atoms with van der Waals surface area (Å²) >= 11 is 0. The summed E-state index contributed by atoms with van der Waals surface area (Å²) in [4.78, 5) is 2.51. The Labute approximate surface area is 116 Å². The van der Waals surface area contributed by atoms with Crippen molar-refractivity contribution in [2.45, 2.75) is 45.2 Å². The molecule has 0 bridgehead atoms. The molecule has 0 amide bonds. The number of methoxy groups -OCH3 is 1. The average Bonchev–Trinajstić information content (AvgIpc) is 2.45. The first-order valence-electron chi connectivity index (χ1n) is 7.02. The highest BCUT2D eigenvalue weighted by molar-refractivity contribution is 5.62. The fourth-order valence-corrected chi connectivity index (χ4v) is 3.27. The maximum atomic E-state index is 5.56. The van der Waals surface area contributed by atoms with E-state index in [9.17, 15) is 0 Å². The van der Waals surface area contributed by atoms with Crippen molar-refractivity contribution in [2.75, 3.05) is 25.1 Å². The molecule has 3 nitrogen and oxygen atoms in total. The molecule has 1 fully saturated rings. The van der Waals surface area contributed by atoms with Gasteiger partial charge in [-0.2, -0.15) is 0 Å². The minimum absolute atomic E-state index is 0.0502. The van der Waals surface area contributed by atoms with Gasteiger partial charge in [0.25, 0.3) is 0 Å². The molecule has 1 heterocycles. The van der Waals surface area contributed by atoms with E-state index in [1.807, 2.05) is 12.1 Å². The van der Waals surface area contributed by atoms with E-state index in [1.54, 1.807) is 7.11 Å². The van der Waals surface area contributed by atoms with Crippen LogP contribution in [0, 0.1) is 0 Å². The molecule has 2 rings (SSSR count). The lowest BCUT2D eigenvalue weighted by Gasteiger charge is -2.49. The quantitative estimate of drug-likeness (QED) is 0.886. The first-order chi connectivity index (χ1) is 8.88. The van der Waals surface area contributed by atoms with E-state index < -0.39 is 0 Å². The molecule has 106 valence electrons. The van der Waals surface area contributed by atoms with E-state index in [0.717, 1.165) is 25.3 Å². The molecule has 0 spiro atoms. The molecule has 0 saturated carbocycles. The normalized spacial score (nSPS) is 21.8. The van der Waals surface area contributed by atoms with Crippen LogP contribution >= 0.6 is 0 Å². The third kappa shape index (κ3) is 2.71. The van der Waals surface area contributed by atoms with Crippen LogP contribution in [0.5, 0.6) is 5.75 Å². The Morgan fingerprint density at radius 1 is 1.11 bits per heavy atom. The van der Waals surface area contributed by atoms with Crippen LogP contribution in [-0.2, 0) is 0 Å². The van der Waals surface area contributed by atoms with Crippen LogP contribution in [0.2, 0.25) is 0 Å². The zero-order chi connectivity index (χ0) is 14.1. The van der Waals surface area contributed by atoms with Crippen molar-refractivity contribution in [3.63, 3.8) is 0 Å². The third-order valence-corrected chi connectivity index (χ3v) is 4.01. The highest BCUT2D eigenvalue weighted by atomic mass is 16.5. The van der Waals surface area contributed by atoms with Gasteiger partial charge < -0.3 is 15.0 Å². The predicted octanol–water partition coefficient (Wildman–Crippen LogP) is 3.05. The van der Waals surface area contributed by atoms with Crippen LogP contribution in [0.4, 0.5) is 5.69 Å². The Kier molecular flexibility index (Phi) is 3.77. The Balaban J connectivity index is 2.53. The highest BCUT2D eigenvalue weighted by Gasteiger charge is 2.40. The van der Waals surface area contributed by atoms with E-state index in [0.29, 0.717) is 0 Å². The Hall–Kier alpha value is -1.22.